The Morgan fingerprint density at radius 2 is 1.89 bits per heavy atom. The van der Waals surface area contributed by atoms with Crippen molar-refractivity contribution < 1.29 is 18.6 Å². The van der Waals surface area contributed by atoms with Gasteiger partial charge in [0.15, 0.2) is 9.84 Å². The van der Waals surface area contributed by atoms with Gasteiger partial charge in [0.2, 0.25) is 0 Å². The maximum Gasteiger partial charge on any atom is 0.154 e. The fourth-order valence-corrected chi connectivity index (χ4v) is 4.60. The second-order valence-electron chi connectivity index (χ2n) is 6.04. The first-order valence-electron chi connectivity index (χ1n) is 6.64. The van der Waals surface area contributed by atoms with Gasteiger partial charge in [0, 0.05) is 12.6 Å². The van der Waals surface area contributed by atoms with Gasteiger partial charge in [-0.3, -0.25) is 0 Å². The summed E-state index contributed by atoms with van der Waals surface area (Å²) in [4.78, 5) is 0. The normalized spacial score (nSPS) is 44.1. The molecule has 0 amide bonds. The van der Waals surface area contributed by atoms with Crippen LogP contribution in [-0.2, 0) is 9.84 Å². The van der Waals surface area contributed by atoms with Gasteiger partial charge in [0.1, 0.15) is 0 Å². The number of rotatable bonds is 3. The first kappa shape index (κ1) is 14.2. The molecule has 1 aliphatic carbocycles. The highest BCUT2D eigenvalue weighted by Gasteiger charge is 2.38. The maximum atomic E-state index is 11.4. The van der Waals surface area contributed by atoms with E-state index in [0.29, 0.717) is 12.5 Å². The highest BCUT2D eigenvalue weighted by Crippen LogP contribution is 2.31. The summed E-state index contributed by atoms with van der Waals surface area (Å²) in [5.41, 5.74) is -0.738. The van der Waals surface area contributed by atoms with Crippen molar-refractivity contribution in [3.8, 4) is 0 Å². The molecule has 2 aliphatic rings. The van der Waals surface area contributed by atoms with Crippen LogP contribution in [0.4, 0.5) is 0 Å². The van der Waals surface area contributed by atoms with Crippen molar-refractivity contribution in [1.82, 2.24) is 5.32 Å². The third kappa shape index (κ3) is 3.44. The van der Waals surface area contributed by atoms with Crippen molar-refractivity contribution in [2.45, 2.75) is 50.4 Å². The third-order valence-electron chi connectivity index (χ3n) is 4.22. The van der Waals surface area contributed by atoms with Crippen molar-refractivity contribution in [1.29, 1.82) is 0 Å². The minimum Gasteiger partial charge on any atom is -0.390 e. The molecule has 106 valence electrons. The molecule has 6 heteroatoms. The molecule has 5 nitrogen and oxygen atoms in total. The fraction of sp³-hybridized carbons (Fsp3) is 1.00. The van der Waals surface area contributed by atoms with Gasteiger partial charge in [-0.1, -0.05) is 6.92 Å². The van der Waals surface area contributed by atoms with Crippen LogP contribution < -0.4 is 5.32 Å². The Labute approximate surface area is 109 Å². The van der Waals surface area contributed by atoms with Crippen LogP contribution in [0, 0.1) is 5.92 Å². The molecule has 0 aromatic heterocycles. The van der Waals surface area contributed by atoms with E-state index in [2.05, 4.69) is 12.2 Å². The van der Waals surface area contributed by atoms with Gasteiger partial charge in [-0.15, -0.1) is 0 Å². The smallest absolute Gasteiger partial charge is 0.154 e. The summed E-state index contributed by atoms with van der Waals surface area (Å²) < 4.78 is 22.7. The lowest BCUT2D eigenvalue weighted by molar-refractivity contribution is -0.0105. The van der Waals surface area contributed by atoms with E-state index < -0.39 is 27.6 Å². The predicted octanol–water partition coefficient (Wildman–Crippen LogP) is -0.325. The molecule has 1 saturated heterocycles. The Morgan fingerprint density at radius 3 is 2.39 bits per heavy atom. The molecule has 1 saturated carbocycles. The molecule has 2 fully saturated rings. The van der Waals surface area contributed by atoms with Crippen LogP contribution in [0.15, 0.2) is 0 Å². The average molecular weight is 277 g/mol. The Kier molecular flexibility index (Phi) is 4.02. The fourth-order valence-electron chi connectivity index (χ4n) is 2.82. The molecule has 1 aliphatic heterocycles. The molecular formula is C12H23NO4S. The number of aliphatic hydroxyl groups is 2. The molecule has 3 N–H and O–H groups in total. The zero-order chi connectivity index (χ0) is 13.4. The summed E-state index contributed by atoms with van der Waals surface area (Å²) in [6.45, 7) is 2.55. The Hall–Kier alpha value is -0.170. The van der Waals surface area contributed by atoms with Gasteiger partial charge >= 0.3 is 0 Å². The topological polar surface area (TPSA) is 86.6 Å². The zero-order valence-corrected chi connectivity index (χ0v) is 11.6. The monoisotopic (exact) mass is 277 g/mol. The third-order valence-corrected chi connectivity index (χ3v) is 5.94. The molecular weight excluding hydrogens is 254 g/mol. The van der Waals surface area contributed by atoms with Crippen molar-refractivity contribution in [2.75, 3.05) is 18.1 Å². The second kappa shape index (κ2) is 5.07. The number of hydrogen-bond acceptors (Lipinski definition) is 5. The van der Waals surface area contributed by atoms with E-state index in [0.717, 1.165) is 25.7 Å². The van der Waals surface area contributed by atoms with E-state index >= 15 is 0 Å². The van der Waals surface area contributed by atoms with E-state index in [-0.39, 0.29) is 11.5 Å². The zero-order valence-electron chi connectivity index (χ0n) is 10.8. The van der Waals surface area contributed by atoms with Crippen LogP contribution >= 0.6 is 0 Å². The second-order valence-corrected chi connectivity index (χ2v) is 8.19. The molecule has 2 atom stereocenters. The first-order valence-corrected chi connectivity index (χ1v) is 8.46. The minimum atomic E-state index is -3.12. The quantitative estimate of drug-likeness (QED) is 0.658. The molecule has 1 heterocycles. The van der Waals surface area contributed by atoms with Gasteiger partial charge in [0.25, 0.3) is 0 Å². The van der Waals surface area contributed by atoms with Gasteiger partial charge in [-0.25, -0.2) is 8.42 Å². The van der Waals surface area contributed by atoms with Gasteiger partial charge in [-0.05, 0) is 31.6 Å². The van der Waals surface area contributed by atoms with Crippen molar-refractivity contribution >= 4 is 9.84 Å². The van der Waals surface area contributed by atoms with Gasteiger partial charge in [-0.2, -0.15) is 0 Å². The summed E-state index contributed by atoms with van der Waals surface area (Å²) in [5, 5.41) is 23.1. The van der Waals surface area contributed by atoms with E-state index in [9.17, 15) is 18.6 Å². The standard InChI is InChI=1S/C12H23NO4S/c1-9-2-4-12(15,5-3-9)8-13-10-6-18(16,17)7-11(10)14/h9-11,13-15H,2-8H2,1H3. The predicted molar refractivity (Wildman–Crippen MR) is 69.0 cm³/mol. The average Bonchev–Trinajstić information content (AvgIpc) is 2.54. The SMILES string of the molecule is CC1CCC(O)(CNC2CS(=O)(=O)CC2O)CC1. The van der Waals surface area contributed by atoms with E-state index in [1.165, 1.54) is 0 Å². The molecule has 0 aromatic rings. The first-order chi connectivity index (χ1) is 8.30. The lowest BCUT2D eigenvalue weighted by Gasteiger charge is -2.36. The van der Waals surface area contributed by atoms with Crippen molar-refractivity contribution in [3.63, 3.8) is 0 Å². The summed E-state index contributed by atoms with van der Waals surface area (Å²) in [6, 6.07) is -0.432. The highest BCUT2D eigenvalue weighted by molar-refractivity contribution is 7.91. The highest BCUT2D eigenvalue weighted by atomic mass is 32.2. The van der Waals surface area contributed by atoms with Gasteiger partial charge < -0.3 is 15.5 Å². The molecule has 2 unspecified atom stereocenters. The number of aliphatic hydroxyl groups excluding tert-OH is 1. The summed E-state index contributed by atoms with van der Waals surface area (Å²) in [7, 11) is -3.12. The van der Waals surface area contributed by atoms with E-state index in [4.69, 9.17) is 0 Å². The number of nitrogens with one attached hydrogen (secondary N) is 1. The minimum absolute atomic E-state index is 0.0271. The molecule has 0 aromatic carbocycles. The largest absolute Gasteiger partial charge is 0.390 e. The Balaban J connectivity index is 1.85. The Morgan fingerprint density at radius 1 is 1.28 bits per heavy atom. The molecule has 18 heavy (non-hydrogen) atoms. The van der Waals surface area contributed by atoms with E-state index in [1.54, 1.807) is 0 Å². The Bertz CT molecular complexity index is 387. The summed E-state index contributed by atoms with van der Waals surface area (Å²) in [6.07, 6.45) is 2.65. The van der Waals surface area contributed by atoms with Crippen LogP contribution in [0.3, 0.4) is 0 Å². The maximum absolute atomic E-state index is 11.4. The number of sulfone groups is 1. The van der Waals surface area contributed by atoms with Crippen LogP contribution in [0.25, 0.3) is 0 Å². The van der Waals surface area contributed by atoms with Crippen LogP contribution in [0.5, 0.6) is 0 Å². The molecule has 2 rings (SSSR count). The van der Waals surface area contributed by atoms with E-state index in [1.807, 2.05) is 0 Å². The van der Waals surface area contributed by atoms with Crippen LogP contribution in [-0.4, -0.2) is 54.4 Å². The van der Waals surface area contributed by atoms with Crippen molar-refractivity contribution in [2.24, 2.45) is 5.92 Å². The summed E-state index contributed by atoms with van der Waals surface area (Å²) in [5.74, 6) is 0.462. The van der Waals surface area contributed by atoms with Crippen LogP contribution in [0.1, 0.15) is 32.6 Å². The molecule has 0 spiro atoms. The van der Waals surface area contributed by atoms with Crippen molar-refractivity contribution in [3.05, 3.63) is 0 Å². The van der Waals surface area contributed by atoms with Gasteiger partial charge in [0.05, 0.1) is 23.2 Å². The summed E-state index contributed by atoms with van der Waals surface area (Å²) >= 11 is 0. The number of hydrogen-bond donors (Lipinski definition) is 3. The molecule has 0 radical (unpaired) electrons. The molecule has 0 bridgehead atoms. The lowest BCUT2D eigenvalue weighted by atomic mass is 9.79. The van der Waals surface area contributed by atoms with Crippen LogP contribution in [0.2, 0.25) is 0 Å². The lowest BCUT2D eigenvalue weighted by Crippen LogP contribution is -2.49.